The maximum atomic E-state index is 5.01. The Morgan fingerprint density at radius 1 is 1.45 bits per heavy atom. The number of methoxy groups -OCH3 is 1. The van der Waals surface area contributed by atoms with Gasteiger partial charge in [0.25, 0.3) is 0 Å². The second-order valence-corrected chi connectivity index (χ2v) is 5.93. The Kier molecular flexibility index (Phi) is 5.80. The van der Waals surface area contributed by atoms with Crippen molar-refractivity contribution in [3.63, 3.8) is 0 Å². The summed E-state index contributed by atoms with van der Waals surface area (Å²) in [7, 11) is 1.72. The normalized spacial score (nSPS) is 19.0. The Bertz CT molecular complexity index is 391. The predicted molar refractivity (Wildman–Crippen MR) is 83.0 cm³/mol. The van der Waals surface area contributed by atoms with Crippen molar-refractivity contribution in [3.05, 3.63) is 23.9 Å². The van der Waals surface area contributed by atoms with E-state index in [4.69, 9.17) is 4.74 Å². The molecule has 0 spiro atoms. The van der Waals surface area contributed by atoms with Crippen LogP contribution in [-0.4, -0.2) is 38.3 Å². The number of hydrogen-bond donors (Lipinski definition) is 1. The number of aromatic nitrogens is 1. The summed E-state index contributed by atoms with van der Waals surface area (Å²) in [5.74, 6) is 2.70. The van der Waals surface area contributed by atoms with Gasteiger partial charge in [-0.25, -0.2) is 4.98 Å². The summed E-state index contributed by atoms with van der Waals surface area (Å²) >= 11 is 0. The number of hydrogen-bond acceptors (Lipinski definition) is 4. The van der Waals surface area contributed by atoms with Gasteiger partial charge >= 0.3 is 0 Å². The van der Waals surface area contributed by atoms with Crippen molar-refractivity contribution >= 4 is 5.82 Å². The summed E-state index contributed by atoms with van der Waals surface area (Å²) in [6.45, 7) is 9.39. The molecule has 0 saturated carbocycles. The zero-order valence-corrected chi connectivity index (χ0v) is 12.9. The van der Waals surface area contributed by atoms with Gasteiger partial charge in [-0.15, -0.1) is 0 Å². The third-order valence-electron chi connectivity index (χ3n) is 4.11. The lowest BCUT2D eigenvalue weighted by atomic mass is 9.95. The smallest absolute Gasteiger partial charge is 0.128 e. The molecule has 2 heterocycles. The highest BCUT2D eigenvalue weighted by molar-refractivity contribution is 5.40. The zero-order chi connectivity index (χ0) is 14.4. The van der Waals surface area contributed by atoms with Gasteiger partial charge in [0.1, 0.15) is 5.82 Å². The van der Waals surface area contributed by atoms with Crippen LogP contribution in [0.4, 0.5) is 5.82 Å². The van der Waals surface area contributed by atoms with E-state index in [0.717, 1.165) is 50.4 Å². The minimum absolute atomic E-state index is 0.746. The second-order valence-electron chi connectivity index (χ2n) is 5.93. The first-order chi connectivity index (χ1) is 9.70. The molecule has 1 unspecified atom stereocenters. The van der Waals surface area contributed by atoms with Gasteiger partial charge in [-0.1, -0.05) is 19.9 Å². The van der Waals surface area contributed by atoms with E-state index >= 15 is 0 Å². The molecule has 2 rings (SSSR count). The van der Waals surface area contributed by atoms with Crippen molar-refractivity contribution in [2.45, 2.75) is 26.8 Å². The monoisotopic (exact) mass is 277 g/mol. The minimum atomic E-state index is 0.746. The van der Waals surface area contributed by atoms with Crippen molar-refractivity contribution in [2.24, 2.45) is 11.8 Å². The third-order valence-corrected chi connectivity index (χ3v) is 4.11. The van der Waals surface area contributed by atoms with E-state index in [1.807, 2.05) is 6.20 Å². The maximum absolute atomic E-state index is 5.01. The summed E-state index contributed by atoms with van der Waals surface area (Å²) in [5, 5.41) is 3.33. The molecule has 1 N–H and O–H groups in total. The molecule has 1 aromatic heterocycles. The molecule has 0 radical (unpaired) electrons. The fourth-order valence-electron chi connectivity index (χ4n) is 2.65. The Balaban J connectivity index is 1.82. The molecule has 1 atom stereocenters. The highest BCUT2D eigenvalue weighted by atomic mass is 16.5. The van der Waals surface area contributed by atoms with Crippen molar-refractivity contribution in [1.82, 2.24) is 10.3 Å². The summed E-state index contributed by atoms with van der Waals surface area (Å²) in [6, 6.07) is 4.32. The van der Waals surface area contributed by atoms with E-state index in [2.05, 4.69) is 41.2 Å². The van der Waals surface area contributed by atoms with Crippen LogP contribution in [0.5, 0.6) is 0 Å². The van der Waals surface area contributed by atoms with Crippen LogP contribution >= 0.6 is 0 Å². The number of rotatable bonds is 7. The summed E-state index contributed by atoms with van der Waals surface area (Å²) in [4.78, 5) is 7.02. The van der Waals surface area contributed by atoms with Crippen LogP contribution < -0.4 is 10.2 Å². The first-order valence-corrected chi connectivity index (χ1v) is 7.60. The van der Waals surface area contributed by atoms with E-state index < -0.39 is 0 Å². The lowest BCUT2D eigenvalue weighted by Crippen LogP contribution is -2.22. The maximum Gasteiger partial charge on any atom is 0.128 e. The number of anilines is 1. The van der Waals surface area contributed by atoms with Crippen molar-refractivity contribution < 1.29 is 4.74 Å². The quantitative estimate of drug-likeness (QED) is 0.776. The molecule has 1 fully saturated rings. The van der Waals surface area contributed by atoms with Crippen LogP contribution in [0.1, 0.15) is 25.8 Å². The van der Waals surface area contributed by atoms with Gasteiger partial charge in [-0.3, -0.25) is 0 Å². The first-order valence-electron chi connectivity index (χ1n) is 7.60. The van der Waals surface area contributed by atoms with Crippen molar-refractivity contribution in [1.29, 1.82) is 0 Å². The number of nitrogens with one attached hydrogen (secondary N) is 1. The van der Waals surface area contributed by atoms with Crippen LogP contribution in [0.25, 0.3) is 0 Å². The number of ether oxygens (including phenoxy) is 1. The molecular formula is C16H27N3O. The lowest BCUT2D eigenvalue weighted by Gasteiger charge is -2.19. The number of pyridine rings is 1. The van der Waals surface area contributed by atoms with Gasteiger partial charge in [-0.2, -0.15) is 0 Å². The molecular weight excluding hydrogens is 250 g/mol. The van der Waals surface area contributed by atoms with Gasteiger partial charge in [0.05, 0.1) is 6.61 Å². The molecule has 1 aromatic rings. The van der Waals surface area contributed by atoms with Crippen molar-refractivity contribution in [2.75, 3.05) is 38.3 Å². The molecule has 4 nitrogen and oxygen atoms in total. The largest absolute Gasteiger partial charge is 0.383 e. The molecule has 0 bridgehead atoms. The summed E-state index contributed by atoms with van der Waals surface area (Å²) < 4.78 is 5.01. The van der Waals surface area contributed by atoms with E-state index in [1.165, 1.54) is 12.0 Å². The van der Waals surface area contributed by atoms with Crippen molar-refractivity contribution in [3.8, 4) is 0 Å². The molecule has 1 aliphatic heterocycles. The minimum Gasteiger partial charge on any atom is -0.383 e. The predicted octanol–water partition coefficient (Wildman–Crippen LogP) is 2.30. The molecule has 0 aromatic carbocycles. The number of nitrogens with zero attached hydrogens (tertiary/aromatic N) is 2. The molecule has 20 heavy (non-hydrogen) atoms. The van der Waals surface area contributed by atoms with Gasteiger partial charge in [0.15, 0.2) is 0 Å². The van der Waals surface area contributed by atoms with E-state index in [1.54, 1.807) is 7.11 Å². The average molecular weight is 277 g/mol. The second kappa shape index (κ2) is 7.60. The fraction of sp³-hybridized carbons (Fsp3) is 0.688. The van der Waals surface area contributed by atoms with Gasteiger partial charge in [-0.05, 0) is 29.9 Å². The fourth-order valence-corrected chi connectivity index (χ4v) is 2.65. The van der Waals surface area contributed by atoms with Crippen LogP contribution in [0.2, 0.25) is 0 Å². The Hall–Kier alpha value is -1.13. The summed E-state index contributed by atoms with van der Waals surface area (Å²) in [5.41, 5.74) is 1.23. The van der Waals surface area contributed by atoms with Crippen LogP contribution in [-0.2, 0) is 11.3 Å². The van der Waals surface area contributed by atoms with Gasteiger partial charge < -0.3 is 15.0 Å². The first kappa shape index (κ1) is 15.3. The van der Waals surface area contributed by atoms with E-state index in [9.17, 15) is 0 Å². The van der Waals surface area contributed by atoms with Crippen LogP contribution in [0, 0.1) is 11.8 Å². The van der Waals surface area contributed by atoms with Gasteiger partial charge in [0, 0.05) is 39.5 Å². The summed E-state index contributed by atoms with van der Waals surface area (Å²) in [6.07, 6.45) is 3.28. The lowest BCUT2D eigenvalue weighted by molar-refractivity contribution is 0.199. The SMILES string of the molecule is COCCNCc1ccc(N2CCC(C(C)C)C2)nc1. The highest BCUT2D eigenvalue weighted by Crippen LogP contribution is 2.26. The standard InChI is InChI=1S/C16H27N3O/c1-13(2)15-6-8-19(12-15)16-5-4-14(11-18-16)10-17-7-9-20-3/h4-5,11,13,15,17H,6-10,12H2,1-3H3. The van der Waals surface area contributed by atoms with Crippen LogP contribution in [0.3, 0.4) is 0 Å². The van der Waals surface area contributed by atoms with E-state index in [-0.39, 0.29) is 0 Å². The molecule has 1 saturated heterocycles. The highest BCUT2D eigenvalue weighted by Gasteiger charge is 2.25. The third kappa shape index (κ3) is 4.18. The molecule has 112 valence electrons. The molecule has 4 heteroatoms. The Morgan fingerprint density at radius 3 is 2.90 bits per heavy atom. The average Bonchev–Trinajstić information content (AvgIpc) is 2.94. The molecule has 0 amide bonds. The Labute approximate surface area is 122 Å². The van der Waals surface area contributed by atoms with E-state index in [0.29, 0.717) is 0 Å². The Morgan fingerprint density at radius 2 is 2.30 bits per heavy atom. The van der Waals surface area contributed by atoms with Crippen LogP contribution in [0.15, 0.2) is 18.3 Å². The molecule has 1 aliphatic rings. The molecule has 0 aliphatic carbocycles. The zero-order valence-electron chi connectivity index (χ0n) is 12.9. The topological polar surface area (TPSA) is 37.4 Å². The van der Waals surface area contributed by atoms with Gasteiger partial charge in [0.2, 0.25) is 0 Å².